The minimum absolute atomic E-state index is 0.0779. The molecule has 0 bridgehead atoms. The van der Waals surface area contributed by atoms with Crippen molar-refractivity contribution < 1.29 is 14.6 Å². The molecule has 0 spiro atoms. The summed E-state index contributed by atoms with van der Waals surface area (Å²) < 4.78 is 5.68. The molecule has 0 aromatic heterocycles. The molecule has 0 heterocycles. The Labute approximate surface area is 141 Å². The number of aliphatic hydroxyl groups is 1. The van der Waals surface area contributed by atoms with Gasteiger partial charge in [-0.25, -0.2) is 0 Å². The molecule has 0 aliphatic heterocycles. The lowest BCUT2D eigenvalue weighted by Gasteiger charge is -2.44. The van der Waals surface area contributed by atoms with Gasteiger partial charge in [-0.15, -0.1) is 5.73 Å². The van der Waals surface area contributed by atoms with Crippen molar-refractivity contribution in [2.75, 3.05) is 7.11 Å². The zero-order valence-corrected chi connectivity index (χ0v) is 14.6. The van der Waals surface area contributed by atoms with Crippen molar-refractivity contribution in [1.29, 1.82) is 0 Å². The van der Waals surface area contributed by atoms with E-state index in [9.17, 15) is 9.90 Å². The zero-order valence-electron chi connectivity index (χ0n) is 13.9. The third-order valence-corrected chi connectivity index (χ3v) is 5.19. The van der Waals surface area contributed by atoms with Crippen LogP contribution in [-0.4, -0.2) is 23.6 Å². The molecule has 1 N–H and O–H groups in total. The molecule has 122 valence electrons. The summed E-state index contributed by atoms with van der Waals surface area (Å²) in [6.07, 6.45) is 0.0779. The molecule has 2 rings (SSSR count). The highest BCUT2D eigenvalue weighted by Crippen LogP contribution is 2.47. The summed E-state index contributed by atoms with van der Waals surface area (Å²) in [4.78, 5) is 13.0. The predicted molar refractivity (Wildman–Crippen MR) is 91.4 cm³/mol. The van der Waals surface area contributed by atoms with Gasteiger partial charge in [0.05, 0.1) is 0 Å². The summed E-state index contributed by atoms with van der Waals surface area (Å²) in [5.74, 6) is -0.152. The third kappa shape index (κ3) is 2.60. The zero-order chi connectivity index (χ0) is 17.4. The number of ketones is 1. The molecule has 1 aliphatic rings. The first-order valence-electron chi connectivity index (χ1n) is 7.36. The molecular weight excluding hydrogens is 312 g/mol. The van der Waals surface area contributed by atoms with Gasteiger partial charge in [-0.1, -0.05) is 30.3 Å². The Kier molecular flexibility index (Phi) is 4.70. The summed E-state index contributed by atoms with van der Waals surface area (Å²) in [7, 11) is 1.48. The van der Waals surface area contributed by atoms with E-state index >= 15 is 0 Å². The van der Waals surface area contributed by atoms with Crippen LogP contribution < -0.4 is 0 Å². The number of rotatable bonds is 3. The Morgan fingerprint density at radius 1 is 1.35 bits per heavy atom. The number of carbonyl (C=O) groups is 1. The number of hydrogen-bond acceptors (Lipinski definition) is 3. The van der Waals surface area contributed by atoms with Crippen LogP contribution in [0.4, 0.5) is 0 Å². The minimum atomic E-state index is -1.32. The van der Waals surface area contributed by atoms with Crippen LogP contribution in [0.2, 0.25) is 5.02 Å². The Morgan fingerprint density at radius 2 is 1.91 bits per heavy atom. The van der Waals surface area contributed by atoms with Crippen LogP contribution in [0, 0.1) is 0 Å². The maximum Gasteiger partial charge on any atom is 0.195 e. The summed E-state index contributed by atoms with van der Waals surface area (Å²) in [5, 5.41) is 11.8. The van der Waals surface area contributed by atoms with E-state index in [4.69, 9.17) is 16.3 Å². The van der Waals surface area contributed by atoms with E-state index < -0.39 is 11.2 Å². The molecule has 2 atom stereocenters. The first-order valence-corrected chi connectivity index (χ1v) is 7.74. The topological polar surface area (TPSA) is 46.5 Å². The molecule has 1 aromatic rings. The van der Waals surface area contributed by atoms with E-state index in [1.807, 2.05) is 0 Å². The molecular formula is C19H21ClO3. The van der Waals surface area contributed by atoms with E-state index in [1.54, 1.807) is 45.0 Å². The first-order chi connectivity index (χ1) is 10.7. The monoisotopic (exact) mass is 332 g/mol. The lowest BCUT2D eigenvalue weighted by Crippen LogP contribution is -2.52. The number of hydrogen-bond donors (Lipinski definition) is 1. The van der Waals surface area contributed by atoms with Crippen molar-refractivity contribution in [2.45, 2.75) is 38.4 Å². The standard InChI is InChI=1S/C19H21ClO3/c1-6-12(2)18(22)11-19(23-5,17(21)13(3)14(18)4)15-7-9-16(20)10-8-15/h7-10,22H,1,11H2,2-5H3/t18-,19+/m1/s1. The lowest BCUT2D eigenvalue weighted by molar-refractivity contribution is -0.147. The Bertz CT molecular complexity index is 725. The van der Waals surface area contributed by atoms with Crippen LogP contribution in [0.1, 0.15) is 32.8 Å². The highest BCUT2D eigenvalue weighted by Gasteiger charge is 2.53. The molecule has 1 aliphatic carbocycles. The number of Topliss-reactive ketones (excluding diaryl/α,β-unsaturated/α-hetero) is 1. The molecule has 4 heteroatoms. The Morgan fingerprint density at radius 3 is 2.39 bits per heavy atom. The fraction of sp³-hybridized carbons (Fsp3) is 0.368. The normalized spacial score (nSPS) is 27.8. The van der Waals surface area contributed by atoms with Gasteiger partial charge in [-0.2, -0.15) is 0 Å². The second-order valence-corrected chi connectivity index (χ2v) is 6.39. The molecule has 0 radical (unpaired) electrons. The minimum Gasteiger partial charge on any atom is -0.380 e. The summed E-state index contributed by atoms with van der Waals surface area (Å²) in [6.45, 7) is 8.85. The van der Waals surface area contributed by atoms with Gasteiger partial charge in [0.2, 0.25) is 0 Å². The summed E-state index contributed by atoms with van der Waals surface area (Å²) >= 11 is 5.95. The fourth-order valence-electron chi connectivity index (χ4n) is 3.15. The van der Waals surface area contributed by atoms with Gasteiger partial charge >= 0.3 is 0 Å². The van der Waals surface area contributed by atoms with Crippen LogP contribution in [-0.2, 0) is 15.1 Å². The van der Waals surface area contributed by atoms with Gasteiger partial charge in [0.25, 0.3) is 0 Å². The second kappa shape index (κ2) is 6.10. The molecule has 1 aromatic carbocycles. The number of ether oxygens (including phenoxy) is 1. The molecule has 0 saturated heterocycles. The molecule has 23 heavy (non-hydrogen) atoms. The highest BCUT2D eigenvalue weighted by molar-refractivity contribution is 6.30. The highest BCUT2D eigenvalue weighted by atomic mass is 35.5. The van der Waals surface area contributed by atoms with E-state index in [-0.39, 0.29) is 12.2 Å². The van der Waals surface area contributed by atoms with Crippen molar-refractivity contribution in [3.8, 4) is 0 Å². The van der Waals surface area contributed by atoms with E-state index in [1.165, 1.54) is 7.11 Å². The van der Waals surface area contributed by atoms with Crippen molar-refractivity contribution in [2.24, 2.45) is 0 Å². The van der Waals surface area contributed by atoms with Crippen molar-refractivity contribution in [3.63, 3.8) is 0 Å². The van der Waals surface area contributed by atoms with E-state index in [0.717, 1.165) is 0 Å². The smallest absolute Gasteiger partial charge is 0.195 e. The van der Waals surface area contributed by atoms with Crippen LogP contribution in [0.5, 0.6) is 0 Å². The van der Waals surface area contributed by atoms with Crippen LogP contribution in [0.3, 0.4) is 0 Å². The van der Waals surface area contributed by atoms with Gasteiger partial charge in [0.1, 0.15) is 5.60 Å². The molecule has 0 fully saturated rings. The average molecular weight is 333 g/mol. The maximum absolute atomic E-state index is 13.0. The Hall–Kier alpha value is -1.64. The molecule has 3 nitrogen and oxygen atoms in total. The predicted octanol–water partition coefficient (Wildman–Crippen LogP) is 3.95. The largest absolute Gasteiger partial charge is 0.380 e. The summed E-state index contributed by atoms with van der Waals surface area (Å²) in [5.41, 5.74) is 2.50. The van der Waals surface area contributed by atoms with Gasteiger partial charge in [0.15, 0.2) is 11.4 Å². The number of halogens is 1. The first kappa shape index (κ1) is 17.7. The lowest BCUT2D eigenvalue weighted by atomic mass is 9.66. The number of carbonyl (C=O) groups excluding carboxylic acids is 1. The van der Waals surface area contributed by atoms with Gasteiger partial charge in [0, 0.05) is 24.1 Å². The van der Waals surface area contributed by atoms with Gasteiger partial charge < -0.3 is 9.84 Å². The SMILES string of the molecule is C=C=C(C)[C@]1(O)C[C@](OC)(c2ccc(Cl)cc2)C(=O)C(C)=C1C. The van der Waals surface area contributed by atoms with E-state index in [0.29, 0.717) is 27.3 Å². The van der Waals surface area contributed by atoms with Gasteiger partial charge in [-0.05, 0) is 49.6 Å². The van der Waals surface area contributed by atoms with Crippen LogP contribution in [0.25, 0.3) is 0 Å². The second-order valence-electron chi connectivity index (χ2n) is 5.96. The van der Waals surface area contributed by atoms with Crippen molar-refractivity contribution in [3.05, 3.63) is 63.9 Å². The third-order valence-electron chi connectivity index (χ3n) is 4.94. The number of benzene rings is 1. The maximum atomic E-state index is 13.0. The van der Waals surface area contributed by atoms with Gasteiger partial charge in [-0.3, -0.25) is 4.79 Å². The molecule has 0 saturated carbocycles. The van der Waals surface area contributed by atoms with Crippen LogP contribution in [0.15, 0.2) is 53.3 Å². The van der Waals surface area contributed by atoms with Crippen molar-refractivity contribution >= 4 is 17.4 Å². The molecule has 0 amide bonds. The average Bonchev–Trinajstić information content (AvgIpc) is 2.56. The molecule has 0 unspecified atom stereocenters. The quantitative estimate of drug-likeness (QED) is 0.852. The van der Waals surface area contributed by atoms with E-state index in [2.05, 4.69) is 12.3 Å². The van der Waals surface area contributed by atoms with Crippen molar-refractivity contribution in [1.82, 2.24) is 0 Å². The van der Waals surface area contributed by atoms with Crippen LogP contribution >= 0.6 is 11.6 Å². The fourth-order valence-corrected chi connectivity index (χ4v) is 3.28. The summed E-state index contributed by atoms with van der Waals surface area (Å²) in [6, 6.07) is 6.93. The Balaban J connectivity index is 2.73. The number of methoxy groups -OCH3 is 1.